The van der Waals surface area contributed by atoms with E-state index in [2.05, 4.69) is 11.9 Å². The predicted octanol–water partition coefficient (Wildman–Crippen LogP) is 2.56. The largest absolute Gasteiger partial charge is 0.342 e. The Morgan fingerprint density at radius 1 is 1.46 bits per heavy atom. The molecule has 130 valence electrons. The van der Waals surface area contributed by atoms with Crippen molar-refractivity contribution in [3.8, 4) is 0 Å². The van der Waals surface area contributed by atoms with Crippen molar-refractivity contribution in [3.63, 3.8) is 0 Å². The topological polar surface area (TPSA) is 49.4 Å². The number of halogens is 4. The quantitative estimate of drug-likeness (QED) is 0.839. The van der Waals surface area contributed by atoms with Crippen LogP contribution < -0.4 is 5.32 Å². The molecule has 2 amide bonds. The summed E-state index contributed by atoms with van der Waals surface area (Å²) in [6, 6.07) is 2.52. The van der Waals surface area contributed by atoms with Crippen molar-refractivity contribution in [1.82, 2.24) is 10.2 Å². The number of piperidine rings is 1. The van der Waals surface area contributed by atoms with Crippen molar-refractivity contribution in [1.29, 1.82) is 0 Å². The molecule has 1 aromatic rings. The van der Waals surface area contributed by atoms with E-state index in [9.17, 15) is 22.8 Å². The Hall–Kier alpha value is -2.02. The average Bonchev–Trinajstić information content (AvgIpc) is 2.52. The van der Waals surface area contributed by atoms with Gasteiger partial charge in [-0.05, 0) is 18.2 Å². The van der Waals surface area contributed by atoms with Crippen molar-refractivity contribution in [2.75, 3.05) is 13.1 Å². The molecule has 1 atom stereocenters. The fourth-order valence-electron chi connectivity index (χ4n) is 2.48. The molecule has 1 N–H and O–H groups in total. The van der Waals surface area contributed by atoms with Gasteiger partial charge in [0.15, 0.2) is 0 Å². The zero-order valence-corrected chi connectivity index (χ0v) is 13.5. The number of rotatable bonds is 4. The van der Waals surface area contributed by atoms with Crippen molar-refractivity contribution in [3.05, 3.63) is 47.3 Å². The monoisotopic (exact) mass is 360 g/mol. The normalized spacial score (nSPS) is 19.7. The molecular weight excluding hydrogens is 345 g/mol. The van der Waals surface area contributed by atoms with Crippen molar-refractivity contribution in [2.24, 2.45) is 0 Å². The summed E-state index contributed by atoms with van der Waals surface area (Å²) in [5, 5.41) is 2.23. The van der Waals surface area contributed by atoms with Crippen LogP contribution in [0.1, 0.15) is 12.0 Å². The Morgan fingerprint density at radius 2 is 2.17 bits per heavy atom. The van der Waals surface area contributed by atoms with Gasteiger partial charge in [-0.25, -0.2) is 13.2 Å². The Balaban J connectivity index is 2.10. The first-order valence-electron chi connectivity index (χ1n) is 7.26. The molecule has 1 unspecified atom stereocenters. The van der Waals surface area contributed by atoms with Gasteiger partial charge >= 0.3 is 0 Å². The molecule has 1 aliphatic heterocycles. The highest BCUT2D eigenvalue weighted by Crippen LogP contribution is 2.29. The number of hydrogen-bond acceptors (Lipinski definition) is 2. The van der Waals surface area contributed by atoms with Gasteiger partial charge in [0, 0.05) is 30.1 Å². The van der Waals surface area contributed by atoms with E-state index in [1.165, 1.54) is 23.1 Å². The van der Waals surface area contributed by atoms with E-state index in [1.54, 1.807) is 0 Å². The third kappa shape index (κ3) is 4.08. The van der Waals surface area contributed by atoms with E-state index in [4.69, 9.17) is 11.6 Å². The second kappa shape index (κ2) is 7.25. The van der Waals surface area contributed by atoms with Gasteiger partial charge in [-0.2, -0.15) is 0 Å². The molecule has 0 aliphatic carbocycles. The van der Waals surface area contributed by atoms with Crippen molar-refractivity contribution < 1.29 is 22.8 Å². The molecule has 1 heterocycles. The summed E-state index contributed by atoms with van der Waals surface area (Å²) in [6.45, 7) is 2.66. The SMILES string of the molecule is C=CC(=O)NC1CN(C(=O)Cc2c(F)cccc2Cl)CCC1(F)F. The van der Waals surface area contributed by atoms with Gasteiger partial charge in [0.2, 0.25) is 11.8 Å². The highest BCUT2D eigenvalue weighted by Gasteiger charge is 2.45. The lowest BCUT2D eigenvalue weighted by atomic mass is 9.99. The Labute approximate surface area is 142 Å². The standard InChI is InChI=1S/C16H16ClF3N2O2/c1-2-14(23)21-13-9-22(7-6-16(13,19)20)15(24)8-10-11(17)4-3-5-12(10)18/h2-5,13H,1,6-9H2,(H,21,23). The summed E-state index contributed by atoms with van der Waals surface area (Å²) in [4.78, 5) is 24.8. The molecular formula is C16H16ClF3N2O2. The first-order chi connectivity index (χ1) is 11.2. The molecule has 0 spiro atoms. The summed E-state index contributed by atoms with van der Waals surface area (Å²) in [7, 11) is 0. The Bertz CT molecular complexity index is 646. The maximum Gasteiger partial charge on any atom is 0.271 e. The van der Waals surface area contributed by atoms with E-state index < -0.39 is 36.0 Å². The number of likely N-dealkylation sites (tertiary alicyclic amines) is 1. The van der Waals surface area contributed by atoms with E-state index in [1.807, 2.05) is 0 Å². The molecule has 1 fully saturated rings. The fourth-order valence-corrected chi connectivity index (χ4v) is 2.71. The summed E-state index contributed by atoms with van der Waals surface area (Å²) in [5.41, 5.74) is 0.0215. The van der Waals surface area contributed by atoms with Gasteiger partial charge < -0.3 is 10.2 Å². The fraction of sp³-hybridized carbons (Fsp3) is 0.375. The van der Waals surface area contributed by atoms with Gasteiger partial charge in [-0.3, -0.25) is 9.59 Å². The first-order valence-corrected chi connectivity index (χ1v) is 7.64. The molecule has 2 rings (SSSR count). The smallest absolute Gasteiger partial charge is 0.271 e. The lowest BCUT2D eigenvalue weighted by Crippen LogP contribution is -2.59. The van der Waals surface area contributed by atoms with E-state index in [-0.39, 0.29) is 30.1 Å². The molecule has 0 aromatic heterocycles. The molecule has 0 saturated carbocycles. The predicted molar refractivity (Wildman–Crippen MR) is 83.4 cm³/mol. The van der Waals surface area contributed by atoms with Gasteiger partial charge in [0.05, 0.1) is 6.42 Å². The molecule has 0 bridgehead atoms. The third-order valence-corrected chi connectivity index (χ3v) is 4.23. The summed E-state index contributed by atoms with van der Waals surface area (Å²) in [6.07, 6.45) is -0.0407. The second-order valence-corrected chi connectivity index (χ2v) is 5.90. The number of carbonyl (C=O) groups excluding carboxylic acids is 2. The van der Waals surface area contributed by atoms with Crippen LogP contribution in [0.2, 0.25) is 5.02 Å². The van der Waals surface area contributed by atoms with Crippen LogP contribution in [-0.4, -0.2) is 41.8 Å². The molecule has 1 aromatic carbocycles. The number of amides is 2. The van der Waals surface area contributed by atoms with Crippen LogP contribution in [0.15, 0.2) is 30.9 Å². The molecule has 1 aliphatic rings. The van der Waals surface area contributed by atoms with E-state index >= 15 is 0 Å². The first kappa shape index (κ1) is 18.3. The minimum Gasteiger partial charge on any atom is -0.342 e. The molecule has 24 heavy (non-hydrogen) atoms. The van der Waals surface area contributed by atoms with Crippen LogP contribution in [0.4, 0.5) is 13.2 Å². The van der Waals surface area contributed by atoms with Crippen molar-refractivity contribution >= 4 is 23.4 Å². The second-order valence-electron chi connectivity index (χ2n) is 5.49. The van der Waals surface area contributed by atoms with Crippen LogP contribution in [0.25, 0.3) is 0 Å². The van der Waals surface area contributed by atoms with Gasteiger partial charge in [0.1, 0.15) is 11.9 Å². The minimum absolute atomic E-state index is 0.0215. The summed E-state index contributed by atoms with van der Waals surface area (Å²) >= 11 is 5.88. The average molecular weight is 361 g/mol. The van der Waals surface area contributed by atoms with Crippen LogP contribution in [-0.2, 0) is 16.0 Å². The van der Waals surface area contributed by atoms with E-state index in [0.717, 1.165) is 6.08 Å². The highest BCUT2D eigenvalue weighted by atomic mass is 35.5. The number of nitrogens with one attached hydrogen (secondary N) is 1. The number of nitrogens with zero attached hydrogens (tertiary/aromatic N) is 1. The molecule has 8 heteroatoms. The number of hydrogen-bond donors (Lipinski definition) is 1. The summed E-state index contributed by atoms with van der Waals surface area (Å²) < 4.78 is 41.5. The van der Waals surface area contributed by atoms with Crippen LogP contribution >= 0.6 is 11.6 Å². The minimum atomic E-state index is -3.13. The Kier molecular flexibility index (Phi) is 5.54. The van der Waals surface area contributed by atoms with Gasteiger partial charge in [-0.15, -0.1) is 0 Å². The van der Waals surface area contributed by atoms with Gasteiger partial charge in [-0.1, -0.05) is 24.2 Å². The Morgan fingerprint density at radius 3 is 2.79 bits per heavy atom. The lowest BCUT2D eigenvalue weighted by Gasteiger charge is -2.38. The van der Waals surface area contributed by atoms with Gasteiger partial charge in [0.25, 0.3) is 5.92 Å². The van der Waals surface area contributed by atoms with Crippen molar-refractivity contribution in [2.45, 2.75) is 24.8 Å². The lowest BCUT2D eigenvalue weighted by molar-refractivity contribution is -0.142. The number of alkyl halides is 2. The van der Waals surface area contributed by atoms with Crippen LogP contribution in [0.5, 0.6) is 0 Å². The third-order valence-electron chi connectivity index (χ3n) is 3.87. The zero-order chi connectivity index (χ0) is 17.9. The maximum atomic E-state index is 13.9. The molecule has 4 nitrogen and oxygen atoms in total. The molecule has 1 saturated heterocycles. The zero-order valence-electron chi connectivity index (χ0n) is 12.7. The van der Waals surface area contributed by atoms with Crippen LogP contribution in [0.3, 0.4) is 0 Å². The van der Waals surface area contributed by atoms with E-state index in [0.29, 0.717) is 0 Å². The van der Waals surface area contributed by atoms with Crippen LogP contribution in [0, 0.1) is 5.82 Å². The number of benzene rings is 1. The summed E-state index contributed by atoms with van der Waals surface area (Å²) in [5.74, 6) is -5.04. The molecule has 0 radical (unpaired) electrons. The maximum absolute atomic E-state index is 13.9. The highest BCUT2D eigenvalue weighted by molar-refractivity contribution is 6.31. The number of carbonyl (C=O) groups is 2.